The van der Waals surface area contributed by atoms with Crippen molar-refractivity contribution in [2.45, 2.75) is 19.4 Å². The topological polar surface area (TPSA) is 109 Å². The Hall–Kier alpha value is -3.55. The third-order valence-corrected chi connectivity index (χ3v) is 3.77. The zero-order valence-corrected chi connectivity index (χ0v) is 15.7. The fraction of sp³-hybridized carbons (Fsp3) is 0.250. The molecular formula is C20H23N3O5. The van der Waals surface area contributed by atoms with Crippen molar-refractivity contribution in [3.63, 3.8) is 0 Å². The van der Waals surface area contributed by atoms with Crippen LogP contribution in [-0.4, -0.2) is 37.0 Å². The molecule has 1 atom stereocenters. The summed E-state index contributed by atoms with van der Waals surface area (Å²) in [6.45, 7) is 1.94. The summed E-state index contributed by atoms with van der Waals surface area (Å²) in [5.74, 6) is -0.0647. The Bertz CT molecular complexity index is 824. The number of benzene rings is 2. The van der Waals surface area contributed by atoms with Crippen molar-refractivity contribution >= 4 is 18.2 Å². The standard InChI is InChI=1S/C20H23N3O5/c1-3-28-20(26)22-16(15-7-5-4-6-8-15)12-19(25)23-21-13-14-9-10-17(24)18(11-14)27-2/h4-11,13,16,24H,3,12H2,1-2H3,(H,22,26)(H,23,25)/b21-13-/t16-/m0/s1. The molecule has 0 saturated carbocycles. The normalized spacial score (nSPS) is 11.6. The zero-order valence-electron chi connectivity index (χ0n) is 15.7. The number of alkyl carbamates (subject to hydrolysis) is 1. The molecule has 0 aliphatic rings. The highest BCUT2D eigenvalue weighted by Gasteiger charge is 2.18. The second-order valence-electron chi connectivity index (χ2n) is 5.76. The molecule has 3 N–H and O–H groups in total. The monoisotopic (exact) mass is 385 g/mol. The van der Waals surface area contributed by atoms with Crippen LogP contribution in [0.5, 0.6) is 11.5 Å². The van der Waals surface area contributed by atoms with Gasteiger partial charge in [-0.2, -0.15) is 5.10 Å². The maximum absolute atomic E-state index is 12.3. The molecule has 0 unspecified atom stereocenters. The third kappa shape index (κ3) is 6.31. The average Bonchev–Trinajstić information content (AvgIpc) is 2.69. The maximum atomic E-state index is 12.3. The van der Waals surface area contributed by atoms with Gasteiger partial charge in [0.25, 0.3) is 0 Å². The van der Waals surface area contributed by atoms with Crippen LogP contribution in [0.3, 0.4) is 0 Å². The zero-order chi connectivity index (χ0) is 20.4. The van der Waals surface area contributed by atoms with Gasteiger partial charge in [0, 0.05) is 0 Å². The minimum Gasteiger partial charge on any atom is -0.504 e. The number of nitrogens with one attached hydrogen (secondary N) is 2. The summed E-state index contributed by atoms with van der Waals surface area (Å²) in [7, 11) is 1.44. The summed E-state index contributed by atoms with van der Waals surface area (Å²) in [6.07, 6.45) is 0.818. The van der Waals surface area contributed by atoms with E-state index in [9.17, 15) is 14.7 Å². The lowest BCUT2D eigenvalue weighted by atomic mass is 10.0. The van der Waals surface area contributed by atoms with Crippen molar-refractivity contribution in [2.75, 3.05) is 13.7 Å². The van der Waals surface area contributed by atoms with Crippen LogP contribution < -0.4 is 15.5 Å². The number of amides is 2. The second-order valence-corrected chi connectivity index (χ2v) is 5.76. The highest BCUT2D eigenvalue weighted by atomic mass is 16.5. The minimum atomic E-state index is -0.594. The average molecular weight is 385 g/mol. The summed E-state index contributed by atoms with van der Waals surface area (Å²) < 4.78 is 9.92. The number of hydrogen-bond donors (Lipinski definition) is 3. The number of phenolic OH excluding ortho intramolecular Hbond substituents is 1. The van der Waals surface area contributed by atoms with E-state index in [0.717, 1.165) is 5.56 Å². The molecule has 2 amide bonds. The van der Waals surface area contributed by atoms with E-state index in [0.29, 0.717) is 11.3 Å². The van der Waals surface area contributed by atoms with Crippen LogP contribution in [0.1, 0.15) is 30.5 Å². The fourth-order valence-corrected chi connectivity index (χ4v) is 2.44. The van der Waals surface area contributed by atoms with Crippen molar-refractivity contribution in [1.82, 2.24) is 10.7 Å². The molecule has 0 spiro atoms. The first-order valence-electron chi connectivity index (χ1n) is 8.70. The second kappa shape index (κ2) is 10.6. The van der Waals surface area contributed by atoms with Crippen LogP contribution in [-0.2, 0) is 9.53 Å². The summed E-state index contributed by atoms with van der Waals surface area (Å²) in [5.41, 5.74) is 3.84. The molecule has 0 bridgehead atoms. The largest absolute Gasteiger partial charge is 0.504 e. The van der Waals surface area contributed by atoms with Crippen LogP contribution in [0.4, 0.5) is 4.79 Å². The van der Waals surface area contributed by atoms with Crippen molar-refractivity contribution in [3.05, 3.63) is 59.7 Å². The maximum Gasteiger partial charge on any atom is 0.407 e. The Balaban J connectivity index is 2.00. The Morgan fingerprint density at radius 3 is 2.64 bits per heavy atom. The molecule has 28 heavy (non-hydrogen) atoms. The quantitative estimate of drug-likeness (QED) is 0.478. The van der Waals surface area contributed by atoms with Gasteiger partial charge in [-0.15, -0.1) is 0 Å². The molecule has 0 aliphatic heterocycles. The van der Waals surface area contributed by atoms with Crippen LogP contribution in [0.25, 0.3) is 0 Å². The number of phenols is 1. The summed E-state index contributed by atoms with van der Waals surface area (Å²) in [5, 5.41) is 16.2. The summed E-state index contributed by atoms with van der Waals surface area (Å²) in [4.78, 5) is 24.0. The molecule has 0 aliphatic carbocycles. The Morgan fingerprint density at radius 2 is 1.96 bits per heavy atom. The first-order chi connectivity index (χ1) is 13.5. The first kappa shape index (κ1) is 20.8. The van der Waals surface area contributed by atoms with E-state index in [-0.39, 0.29) is 24.7 Å². The van der Waals surface area contributed by atoms with Gasteiger partial charge in [0.2, 0.25) is 5.91 Å². The number of carbonyl (C=O) groups is 2. The van der Waals surface area contributed by atoms with Gasteiger partial charge < -0.3 is 19.9 Å². The molecular weight excluding hydrogens is 362 g/mol. The molecule has 8 nitrogen and oxygen atoms in total. The Morgan fingerprint density at radius 1 is 1.21 bits per heavy atom. The lowest BCUT2D eigenvalue weighted by Gasteiger charge is -2.18. The summed E-state index contributed by atoms with van der Waals surface area (Å²) in [6, 6.07) is 13.3. The number of aromatic hydroxyl groups is 1. The van der Waals surface area contributed by atoms with E-state index >= 15 is 0 Å². The number of hydrogen-bond acceptors (Lipinski definition) is 6. The predicted octanol–water partition coefficient (Wildman–Crippen LogP) is 2.73. The van der Waals surface area contributed by atoms with Crippen LogP contribution in [0.15, 0.2) is 53.6 Å². The predicted molar refractivity (Wildman–Crippen MR) is 104 cm³/mol. The molecule has 0 radical (unpaired) electrons. The lowest BCUT2D eigenvalue weighted by Crippen LogP contribution is -2.33. The number of rotatable bonds is 8. The van der Waals surface area contributed by atoms with Gasteiger partial charge in [-0.05, 0) is 36.2 Å². The van der Waals surface area contributed by atoms with Crippen molar-refractivity contribution < 1.29 is 24.2 Å². The van der Waals surface area contributed by atoms with Gasteiger partial charge in [0.15, 0.2) is 11.5 Å². The third-order valence-electron chi connectivity index (χ3n) is 3.77. The van der Waals surface area contributed by atoms with Gasteiger partial charge >= 0.3 is 6.09 Å². The Labute approximate surface area is 163 Å². The molecule has 0 heterocycles. The van der Waals surface area contributed by atoms with Crippen LogP contribution in [0.2, 0.25) is 0 Å². The molecule has 148 valence electrons. The van der Waals surface area contributed by atoms with Crippen molar-refractivity contribution in [2.24, 2.45) is 5.10 Å². The number of nitrogens with zero attached hydrogens (tertiary/aromatic N) is 1. The molecule has 0 saturated heterocycles. The number of carbonyl (C=O) groups excluding carboxylic acids is 2. The van der Waals surface area contributed by atoms with Crippen molar-refractivity contribution in [3.8, 4) is 11.5 Å². The Kier molecular flexibility index (Phi) is 7.83. The van der Waals surface area contributed by atoms with Gasteiger partial charge in [-0.25, -0.2) is 10.2 Å². The van der Waals surface area contributed by atoms with Crippen LogP contribution >= 0.6 is 0 Å². The molecule has 0 aromatic heterocycles. The smallest absolute Gasteiger partial charge is 0.407 e. The number of hydrazone groups is 1. The fourth-order valence-electron chi connectivity index (χ4n) is 2.44. The molecule has 2 rings (SSSR count). The van der Waals surface area contributed by atoms with Gasteiger partial charge in [-0.1, -0.05) is 30.3 Å². The minimum absolute atomic E-state index is 0.0134. The first-order valence-corrected chi connectivity index (χ1v) is 8.70. The number of ether oxygens (including phenoxy) is 2. The lowest BCUT2D eigenvalue weighted by molar-refractivity contribution is -0.121. The molecule has 0 fully saturated rings. The van der Waals surface area contributed by atoms with Gasteiger partial charge in [0.05, 0.1) is 32.4 Å². The van der Waals surface area contributed by atoms with E-state index in [1.807, 2.05) is 30.3 Å². The highest BCUT2D eigenvalue weighted by molar-refractivity contribution is 5.83. The van der Waals surface area contributed by atoms with Gasteiger partial charge in [-0.3, -0.25) is 4.79 Å². The number of methoxy groups -OCH3 is 1. The van der Waals surface area contributed by atoms with E-state index in [4.69, 9.17) is 9.47 Å². The van der Waals surface area contributed by atoms with Crippen LogP contribution in [0, 0.1) is 0 Å². The highest BCUT2D eigenvalue weighted by Crippen LogP contribution is 2.25. The van der Waals surface area contributed by atoms with E-state index in [1.165, 1.54) is 19.4 Å². The summed E-state index contributed by atoms with van der Waals surface area (Å²) >= 11 is 0. The van der Waals surface area contributed by atoms with E-state index in [1.54, 1.807) is 19.1 Å². The SMILES string of the molecule is CCOC(=O)N[C@@H](CC(=O)N/N=C\c1ccc(O)c(OC)c1)c1ccccc1. The van der Waals surface area contributed by atoms with E-state index in [2.05, 4.69) is 15.8 Å². The molecule has 2 aromatic carbocycles. The molecule has 2 aromatic rings. The van der Waals surface area contributed by atoms with Gasteiger partial charge in [0.1, 0.15) is 0 Å². The molecule has 8 heteroatoms. The van der Waals surface area contributed by atoms with Crippen molar-refractivity contribution in [1.29, 1.82) is 0 Å². The van der Waals surface area contributed by atoms with E-state index < -0.39 is 12.1 Å².